The van der Waals surface area contributed by atoms with Crippen LogP contribution in [0.15, 0.2) is 48.1 Å². The molecule has 5 nitrogen and oxygen atoms in total. The van der Waals surface area contributed by atoms with Gasteiger partial charge in [-0.3, -0.25) is 14.5 Å². The van der Waals surface area contributed by atoms with Crippen molar-refractivity contribution in [1.29, 1.82) is 0 Å². The highest BCUT2D eigenvalue weighted by atomic mass is 32.1. The zero-order valence-corrected chi connectivity index (χ0v) is 13.0. The van der Waals surface area contributed by atoms with Crippen LogP contribution in [0.4, 0.5) is 0 Å². The van der Waals surface area contributed by atoms with E-state index >= 15 is 0 Å². The number of hydrogen-bond donors (Lipinski definition) is 1. The second-order valence-electron chi connectivity index (χ2n) is 4.87. The summed E-state index contributed by atoms with van der Waals surface area (Å²) in [6.45, 7) is 3.20. The largest absolute Gasteiger partial charge is 0.349 e. The SMILES string of the molecule is Cc1cc(-c2cccnc2)nn1CCNC(=O)c1cccs1. The van der Waals surface area contributed by atoms with E-state index in [0.717, 1.165) is 21.8 Å². The molecular formula is C16H16N4OS. The zero-order chi connectivity index (χ0) is 15.4. The van der Waals surface area contributed by atoms with Gasteiger partial charge < -0.3 is 5.32 Å². The number of carbonyl (C=O) groups is 1. The number of aryl methyl sites for hydroxylation is 1. The average molecular weight is 312 g/mol. The third kappa shape index (κ3) is 3.23. The van der Waals surface area contributed by atoms with Gasteiger partial charge in [0, 0.05) is 30.2 Å². The Hall–Kier alpha value is -2.47. The van der Waals surface area contributed by atoms with Gasteiger partial charge in [-0.2, -0.15) is 5.10 Å². The molecule has 0 fully saturated rings. The predicted octanol–water partition coefficient (Wildman–Crippen LogP) is 2.75. The smallest absolute Gasteiger partial charge is 0.261 e. The molecule has 0 radical (unpaired) electrons. The molecule has 0 atom stereocenters. The summed E-state index contributed by atoms with van der Waals surface area (Å²) in [7, 11) is 0. The van der Waals surface area contributed by atoms with Gasteiger partial charge in [-0.1, -0.05) is 6.07 Å². The Bertz CT molecular complexity index is 750. The van der Waals surface area contributed by atoms with Crippen LogP contribution in [-0.4, -0.2) is 27.2 Å². The van der Waals surface area contributed by atoms with Crippen molar-refractivity contribution in [2.45, 2.75) is 13.5 Å². The fourth-order valence-corrected chi connectivity index (χ4v) is 2.80. The van der Waals surface area contributed by atoms with Crippen molar-refractivity contribution in [1.82, 2.24) is 20.1 Å². The second-order valence-corrected chi connectivity index (χ2v) is 5.82. The van der Waals surface area contributed by atoms with Crippen molar-refractivity contribution >= 4 is 17.2 Å². The molecule has 0 aliphatic carbocycles. The highest BCUT2D eigenvalue weighted by Crippen LogP contribution is 2.17. The Balaban J connectivity index is 1.61. The zero-order valence-electron chi connectivity index (χ0n) is 12.2. The Labute approximate surface area is 132 Å². The summed E-state index contributed by atoms with van der Waals surface area (Å²) >= 11 is 1.44. The van der Waals surface area contributed by atoms with Gasteiger partial charge in [0.05, 0.1) is 17.1 Å². The molecule has 3 rings (SSSR count). The monoisotopic (exact) mass is 312 g/mol. The van der Waals surface area contributed by atoms with E-state index in [2.05, 4.69) is 15.4 Å². The number of carbonyl (C=O) groups excluding carboxylic acids is 1. The summed E-state index contributed by atoms with van der Waals surface area (Å²) in [5, 5.41) is 9.37. The van der Waals surface area contributed by atoms with Crippen LogP contribution < -0.4 is 5.32 Å². The lowest BCUT2D eigenvalue weighted by molar-refractivity contribution is 0.0956. The standard InChI is InChI=1S/C16H16N4OS/c1-12-10-14(13-4-2-6-17-11-13)19-20(12)8-7-18-16(21)15-5-3-9-22-15/h2-6,9-11H,7-8H2,1H3,(H,18,21). The van der Waals surface area contributed by atoms with E-state index in [0.29, 0.717) is 13.1 Å². The van der Waals surface area contributed by atoms with Gasteiger partial charge in [-0.25, -0.2) is 0 Å². The fourth-order valence-electron chi connectivity index (χ4n) is 2.16. The van der Waals surface area contributed by atoms with Gasteiger partial charge in [-0.15, -0.1) is 11.3 Å². The van der Waals surface area contributed by atoms with Crippen LogP contribution in [0.1, 0.15) is 15.4 Å². The molecule has 3 aromatic heterocycles. The summed E-state index contributed by atoms with van der Waals surface area (Å²) in [6.07, 6.45) is 3.54. The normalized spacial score (nSPS) is 10.6. The Morgan fingerprint density at radius 1 is 1.36 bits per heavy atom. The molecule has 1 N–H and O–H groups in total. The van der Waals surface area contributed by atoms with Crippen LogP contribution in [0.2, 0.25) is 0 Å². The first-order chi connectivity index (χ1) is 10.7. The van der Waals surface area contributed by atoms with Crippen LogP contribution in [0.3, 0.4) is 0 Å². The third-order valence-corrected chi connectivity index (χ3v) is 4.16. The Kier molecular flexibility index (Phi) is 4.29. The van der Waals surface area contributed by atoms with E-state index < -0.39 is 0 Å². The van der Waals surface area contributed by atoms with E-state index in [4.69, 9.17) is 0 Å². The molecule has 0 aliphatic rings. The van der Waals surface area contributed by atoms with Crippen LogP contribution >= 0.6 is 11.3 Å². The molecule has 3 aromatic rings. The highest BCUT2D eigenvalue weighted by Gasteiger charge is 2.08. The van der Waals surface area contributed by atoms with Crippen molar-refractivity contribution in [3.63, 3.8) is 0 Å². The van der Waals surface area contributed by atoms with Crippen LogP contribution in [0.5, 0.6) is 0 Å². The second kappa shape index (κ2) is 6.53. The maximum Gasteiger partial charge on any atom is 0.261 e. The molecule has 0 saturated carbocycles. The van der Waals surface area contributed by atoms with Gasteiger partial charge in [0.25, 0.3) is 5.91 Å². The lowest BCUT2D eigenvalue weighted by atomic mass is 10.2. The third-order valence-electron chi connectivity index (χ3n) is 3.29. The van der Waals surface area contributed by atoms with Gasteiger partial charge in [-0.05, 0) is 36.6 Å². The lowest BCUT2D eigenvalue weighted by Crippen LogP contribution is -2.27. The summed E-state index contributed by atoms with van der Waals surface area (Å²) in [4.78, 5) is 16.7. The quantitative estimate of drug-likeness (QED) is 0.788. The minimum absolute atomic E-state index is 0.0349. The minimum atomic E-state index is -0.0349. The molecule has 3 heterocycles. The molecule has 0 spiro atoms. The predicted molar refractivity (Wildman–Crippen MR) is 86.8 cm³/mol. The molecule has 0 aromatic carbocycles. The number of nitrogens with one attached hydrogen (secondary N) is 1. The minimum Gasteiger partial charge on any atom is -0.349 e. The number of amides is 1. The van der Waals surface area contributed by atoms with E-state index in [9.17, 15) is 4.79 Å². The van der Waals surface area contributed by atoms with Gasteiger partial charge in [0.1, 0.15) is 0 Å². The summed E-state index contributed by atoms with van der Waals surface area (Å²) in [5.74, 6) is -0.0349. The van der Waals surface area contributed by atoms with Crippen molar-refractivity contribution in [2.75, 3.05) is 6.54 Å². The van der Waals surface area contributed by atoms with Crippen LogP contribution in [0.25, 0.3) is 11.3 Å². The van der Waals surface area contributed by atoms with Crippen molar-refractivity contribution < 1.29 is 4.79 Å². The molecule has 6 heteroatoms. The number of nitrogens with zero attached hydrogens (tertiary/aromatic N) is 3. The lowest BCUT2D eigenvalue weighted by Gasteiger charge is -2.05. The first-order valence-electron chi connectivity index (χ1n) is 7.00. The molecule has 0 aliphatic heterocycles. The molecule has 1 amide bonds. The fraction of sp³-hybridized carbons (Fsp3) is 0.188. The first kappa shape index (κ1) is 14.5. The summed E-state index contributed by atoms with van der Waals surface area (Å²) < 4.78 is 1.90. The van der Waals surface area contributed by atoms with Crippen LogP contribution in [-0.2, 0) is 6.54 Å². The van der Waals surface area contributed by atoms with Crippen molar-refractivity contribution in [3.8, 4) is 11.3 Å². The molecule has 0 saturated heterocycles. The molecule has 0 bridgehead atoms. The van der Waals surface area contributed by atoms with E-state index in [1.54, 1.807) is 12.4 Å². The first-order valence-corrected chi connectivity index (χ1v) is 7.88. The molecular weight excluding hydrogens is 296 g/mol. The van der Waals surface area contributed by atoms with E-state index in [1.165, 1.54) is 11.3 Å². The number of thiophene rings is 1. The van der Waals surface area contributed by atoms with Gasteiger partial charge >= 0.3 is 0 Å². The molecule has 22 heavy (non-hydrogen) atoms. The molecule has 0 unspecified atom stereocenters. The summed E-state index contributed by atoms with van der Waals surface area (Å²) in [5.41, 5.74) is 2.95. The van der Waals surface area contributed by atoms with Crippen molar-refractivity contribution in [3.05, 3.63) is 58.7 Å². The van der Waals surface area contributed by atoms with E-state index in [1.807, 2.05) is 47.3 Å². The summed E-state index contributed by atoms with van der Waals surface area (Å²) in [6, 6.07) is 9.60. The highest BCUT2D eigenvalue weighted by molar-refractivity contribution is 7.12. The van der Waals surface area contributed by atoms with Crippen molar-refractivity contribution in [2.24, 2.45) is 0 Å². The van der Waals surface area contributed by atoms with Gasteiger partial charge in [0.15, 0.2) is 0 Å². The topological polar surface area (TPSA) is 59.8 Å². The number of aromatic nitrogens is 3. The maximum absolute atomic E-state index is 11.9. The van der Waals surface area contributed by atoms with Crippen LogP contribution in [0, 0.1) is 6.92 Å². The maximum atomic E-state index is 11.9. The number of hydrogen-bond acceptors (Lipinski definition) is 4. The Morgan fingerprint density at radius 3 is 3.00 bits per heavy atom. The van der Waals surface area contributed by atoms with E-state index in [-0.39, 0.29) is 5.91 Å². The average Bonchev–Trinajstić information content (AvgIpc) is 3.18. The Morgan fingerprint density at radius 2 is 2.27 bits per heavy atom. The molecule has 112 valence electrons. The number of rotatable bonds is 5. The number of pyridine rings is 1. The van der Waals surface area contributed by atoms with Gasteiger partial charge in [0.2, 0.25) is 0 Å².